The van der Waals surface area contributed by atoms with Crippen LogP contribution in [0.1, 0.15) is 40.5 Å². The summed E-state index contributed by atoms with van der Waals surface area (Å²) in [5.74, 6) is -1.56. The van der Waals surface area contributed by atoms with Crippen molar-refractivity contribution >= 4 is 17.3 Å². The van der Waals surface area contributed by atoms with Gasteiger partial charge in [-0.05, 0) is 6.92 Å². The van der Waals surface area contributed by atoms with Crippen LogP contribution in [0, 0.1) is 0 Å². The Kier molecular flexibility index (Phi) is 2.96. The fourth-order valence-corrected chi connectivity index (χ4v) is 2.02. The Balaban J connectivity index is 2.64. The number of rotatable bonds is 2. The van der Waals surface area contributed by atoms with Crippen molar-refractivity contribution < 1.29 is 24.9 Å². The van der Waals surface area contributed by atoms with Crippen molar-refractivity contribution in [1.29, 1.82) is 0 Å². The van der Waals surface area contributed by atoms with E-state index in [9.17, 15) is 24.9 Å². The Morgan fingerprint density at radius 2 is 1.72 bits per heavy atom. The average Bonchev–Trinajstić information content (AvgIpc) is 2.28. The number of phenols is 2. The molecule has 18 heavy (non-hydrogen) atoms. The summed E-state index contributed by atoms with van der Waals surface area (Å²) in [5, 5.41) is 31.4. The van der Waals surface area contributed by atoms with E-state index < -0.39 is 17.8 Å². The summed E-state index contributed by atoms with van der Waals surface area (Å²) in [6, 6.07) is 1.12. The van der Waals surface area contributed by atoms with Gasteiger partial charge in [-0.15, -0.1) is 0 Å². The van der Waals surface area contributed by atoms with Crippen LogP contribution in [0.3, 0.4) is 0 Å². The fourth-order valence-electron chi connectivity index (χ4n) is 2.02. The zero-order chi connectivity index (χ0) is 13.4. The molecule has 1 aromatic rings. The van der Waals surface area contributed by atoms with Crippen molar-refractivity contribution in [2.24, 2.45) is 0 Å². The standard InChI is InChI=1S/C12H13NO5/c1-5(14)13-6-4-9(17)10-7(15)2-3-8(16)11(10)12(6)18/h4-5,13-14,17-18H,2-3H2,1H3. The van der Waals surface area contributed by atoms with Gasteiger partial charge in [0.2, 0.25) is 0 Å². The number of hydrogen-bond donors (Lipinski definition) is 4. The van der Waals surface area contributed by atoms with E-state index in [4.69, 9.17) is 0 Å². The third-order valence-electron chi connectivity index (χ3n) is 2.78. The van der Waals surface area contributed by atoms with Gasteiger partial charge < -0.3 is 20.6 Å². The topological polar surface area (TPSA) is 107 Å². The molecule has 2 rings (SSSR count). The van der Waals surface area contributed by atoms with Crippen molar-refractivity contribution in [3.63, 3.8) is 0 Å². The Morgan fingerprint density at radius 3 is 2.28 bits per heavy atom. The molecule has 0 spiro atoms. The minimum Gasteiger partial charge on any atom is -0.507 e. The summed E-state index contributed by atoms with van der Waals surface area (Å²) >= 11 is 0. The molecule has 1 atom stereocenters. The second kappa shape index (κ2) is 4.30. The summed E-state index contributed by atoms with van der Waals surface area (Å²) in [5.41, 5.74) is -0.293. The first kappa shape index (κ1) is 12.4. The highest BCUT2D eigenvalue weighted by atomic mass is 16.3. The third-order valence-corrected chi connectivity index (χ3v) is 2.78. The Hall–Kier alpha value is -2.08. The van der Waals surface area contributed by atoms with Crippen LogP contribution in [0.25, 0.3) is 0 Å². The van der Waals surface area contributed by atoms with Gasteiger partial charge in [0.1, 0.15) is 12.0 Å². The zero-order valence-corrected chi connectivity index (χ0v) is 9.73. The van der Waals surface area contributed by atoms with Gasteiger partial charge in [-0.25, -0.2) is 0 Å². The normalized spacial score (nSPS) is 16.3. The Labute approximate surface area is 103 Å². The molecule has 1 aliphatic rings. The molecule has 0 aromatic heterocycles. The molecule has 6 heteroatoms. The van der Waals surface area contributed by atoms with Crippen LogP contribution >= 0.6 is 0 Å². The highest BCUT2D eigenvalue weighted by Crippen LogP contribution is 2.40. The number of carbonyl (C=O) groups is 2. The van der Waals surface area contributed by atoms with Gasteiger partial charge in [-0.2, -0.15) is 0 Å². The molecule has 1 aliphatic carbocycles. The highest BCUT2D eigenvalue weighted by molar-refractivity contribution is 6.17. The first-order valence-corrected chi connectivity index (χ1v) is 5.51. The summed E-state index contributed by atoms with van der Waals surface area (Å²) in [7, 11) is 0. The first-order valence-electron chi connectivity index (χ1n) is 5.51. The number of benzene rings is 1. The molecule has 0 amide bonds. The molecule has 96 valence electrons. The number of phenolic OH excluding ortho intramolecular Hbond substituents is 2. The van der Waals surface area contributed by atoms with E-state index in [1.165, 1.54) is 6.92 Å². The predicted molar refractivity (Wildman–Crippen MR) is 63.0 cm³/mol. The van der Waals surface area contributed by atoms with E-state index in [2.05, 4.69) is 5.32 Å². The minimum absolute atomic E-state index is 0.0109. The molecule has 0 radical (unpaired) electrons. The molecule has 0 saturated heterocycles. The summed E-state index contributed by atoms with van der Waals surface area (Å²) in [4.78, 5) is 23.4. The number of fused-ring (bicyclic) bond motifs is 1. The quantitative estimate of drug-likeness (QED) is 0.355. The SMILES string of the molecule is CC(O)Nc1cc(O)c2c(c1O)C(=O)CCC2=O. The molecular weight excluding hydrogens is 238 g/mol. The van der Waals surface area contributed by atoms with Crippen LogP contribution < -0.4 is 5.32 Å². The second-order valence-electron chi connectivity index (χ2n) is 4.21. The number of anilines is 1. The van der Waals surface area contributed by atoms with Crippen molar-refractivity contribution in [3.05, 3.63) is 17.2 Å². The lowest BCUT2D eigenvalue weighted by Crippen LogP contribution is -2.19. The van der Waals surface area contributed by atoms with E-state index in [-0.39, 0.29) is 41.2 Å². The van der Waals surface area contributed by atoms with Crippen LogP contribution in [0.2, 0.25) is 0 Å². The summed E-state index contributed by atoms with van der Waals surface area (Å²) in [6.07, 6.45) is -0.929. The Morgan fingerprint density at radius 1 is 1.17 bits per heavy atom. The van der Waals surface area contributed by atoms with E-state index >= 15 is 0 Å². The van der Waals surface area contributed by atoms with Crippen molar-refractivity contribution in [3.8, 4) is 11.5 Å². The summed E-state index contributed by atoms with van der Waals surface area (Å²) < 4.78 is 0. The maximum Gasteiger partial charge on any atom is 0.168 e. The molecule has 0 fully saturated rings. The van der Waals surface area contributed by atoms with E-state index in [0.717, 1.165) is 6.07 Å². The molecule has 6 nitrogen and oxygen atoms in total. The van der Waals surface area contributed by atoms with Gasteiger partial charge in [0.25, 0.3) is 0 Å². The molecular formula is C12H13NO5. The number of Topliss-reactive ketones (excluding diaryl/α,β-unsaturated/α-hetero) is 2. The smallest absolute Gasteiger partial charge is 0.168 e. The number of carbonyl (C=O) groups excluding carboxylic acids is 2. The van der Waals surface area contributed by atoms with Gasteiger partial charge in [0.05, 0.1) is 16.8 Å². The number of nitrogens with one attached hydrogen (secondary N) is 1. The molecule has 4 N–H and O–H groups in total. The van der Waals surface area contributed by atoms with Crippen LogP contribution in [0.4, 0.5) is 5.69 Å². The fraction of sp³-hybridized carbons (Fsp3) is 0.333. The van der Waals surface area contributed by atoms with E-state index in [1.807, 2.05) is 0 Å². The van der Waals surface area contributed by atoms with Crippen LogP contribution in [-0.2, 0) is 0 Å². The maximum atomic E-state index is 11.7. The van der Waals surface area contributed by atoms with Gasteiger partial charge >= 0.3 is 0 Å². The number of aliphatic hydroxyl groups is 1. The van der Waals surface area contributed by atoms with Crippen LogP contribution in [0.15, 0.2) is 6.07 Å². The lowest BCUT2D eigenvalue weighted by Gasteiger charge is -2.20. The maximum absolute atomic E-state index is 11.7. The monoisotopic (exact) mass is 251 g/mol. The van der Waals surface area contributed by atoms with Gasteiger partial charge in [0, 0.05) is 18.9 Å². The van der Waals surface area contributed by atoms with Gasteiger partial charge in [-0.3, -0.25) is 9.59 Å². The third kappa shape index (κ3) is 1.91. The van der Waals surface area contributed by atoms with Gasteiger partial charge in [-0.1, -0.05) is 0 Å². The molecule has 0 heterocycles. The van der Waals surface area contributed by atoms with Crippen molar-refractivity contribution in [2.45, 2.75) is 26.0 Å². The second-order valence-corrected chi connectivity index (χ2v) is 4.21. The number of aromatic hydroxyl groups is 2. The molecule has 0 aliphatic heterocycles. The van der Waals surface area contributed by atoms with E-state index in [0.29, 0.717) is 0 Å². The van der Waals surface area contributed by atoms with Crippen LogP contribution in [0.5, 0.6) is 11.5 Å². The van der Waals surface area contributed by atoms with Gasteiger partial charge in [0.15, 0.2) is 17.3 Å². The largest absolute Gasteiger partial charge is 0.507 e. The van der Waals surface area contributed by atoms with Crippen LogP contribution in [-0.4, -0.2) is 33.1 Å². The average molecular weight is 251 g/mol. The van der Waals surface area contributed by atoms with E-state index in [1.54, 1.807) is 0 Å². The summed E-state index contributed by atoms with van der Waals surface area (Å²) in [6.45, 7) is 1.42. The van der Waals surface area contributed by atoms with Crippen molar-refractivity contribution in [1.82, 2.24) is 0 Å². The number of aliphatic hydroxyl groups excluding tert-OH is 1. The first-order chi connectivity index (χ1) is 8.41. The zero-order valence-electron chi connectivity index (χ0n) is 9.73. The Bertz CT molecular complexity index is 536. The minimum atomic E-state index is -0.970. The number of hydrogen-bond acceptors (Lipinski definition) is 6. The lowest BCUT2D eigenvalue weighted by molar-refractivity contribution is 0.0885. The molecule has 0 saturated carbocycles. The number of ketones is 2. The highest BCUT2D eigenvalue weighted by Gasteiger charge is 2.31. The molecule has 0 bridgehead atoms. The molecule has 1 aromatic carbocycles. The lowest BCUT2D eigenvalue weighted by atomic mass is 9.87. The molecule has 1 unspecified atom stereocenters. The predicted octanol–water partition coefficient (Wildman–Crippen LogP) is 1.01. The van der Waals surface area contributed by atoms with Crippen molar-refractivity contribution in [2.75, 3.05) is 5.32 Å².